The molecule has 0 N–H and O–H groups in total. The molecule has 0 bridgehead atoms. The van der Waals surface area contributed by atoms with E-state index >= 15 is 0 Å². The lowest BCUT2D eigenvalue weighted by Crippen LogP contribution is -1.67. The van der Waals surface area contributed by atoms with Gasteiger partial charge in [0.2, 0.25) is 0 Å². The zero-order valence-corrected chi connectivity index (χ0v) is 6.54. The van der Waals surface area contributed by atoms with Gasteiger partial charge in [-0.3, -0.25) is 0 Å². The van der Waals surface area contributed by atoms with Crippen molar-refractivity contribution in [1.29, 1.82) is 0 Å². The van der Waals surface area contributed by atoms with Crippen molar-refractivity contribution in [3.8, 4) is 0 Å². The number of nitrogens with zero attached hydrogens (tertiary/aromatic N) is 1. The van der Waals surface area contributed by atoms with Crippen LogP contribution in [0.3, 0.4) is 0 Å². The monoisotopic (exact) mass is 168 g/mol. The van der Waals surface area contributed by atoms with E-state index in [9.17, 15) is 0 Å². The van der Waals surface area contributed by atoms with E-state index < -0.39 is 0 Å². The van der Waals surface area contributed by atoms with E-state index in [1.54, 1.807) is 0 Å². The Kier molecular flexibility index (Phi) is 1.36. The summed E-state index contributed by atoms with van der Waals surface area (Å²) in [5.41, 5.74) is 3.64. The molecule has 0 spiro atoms. The van der Waals surface area contributed by atoms with Crippen LogP contribution in [0.1, 0.15) is 0 Å². The Balaban J connectivity index is 2.95. The maximum absolute atomic E-state index is 5.82. The van der Waals surface area contributed by atoms with Crippen molar-refractivity contribution in [2.75, 3.05) is 0 Å². The minimum Gasteiger partial charge on any atom is -0.232 e. The summed E-state index contributed by atoms with van der Waals surface area (Å²) in [5.74, 6) is 0. The van der Waals surface area contributed by atoms with Crippen LogP contribution in [0.15, 0.2) is 18.2 Å². The van der Waals surface area contributed by atoms with Crippen molar-refractivity contribution < 1.29 is 0 Å². The van der Waals surface area contributed by atoms with Gasteiger partial charge in [0.25, 0.3) is 0 Å². The van der Waals surface area contributed by atoms with Gasteiger partial charge >= 0.3 is 0 Å². The van der Waals surface area contributed by atoms with Gasteiger partial charge in [-0.05, 0) is 12.1 Å². The second kappa shape index (κ2) is 2.22. The summed E-state index contributed by atoms with van der Waals surface area (Å²) >= 11 is 7.30. The summed E-state index contributed by atoms with van der Waals surface area (Å²) in [6.07, 6.45) is 0. The van der Waals surface area contributed by atoms with Gasteiger partial charge < -0.3 is 0 Å². The van der Waals surface area contributed by atoms with E-state index in [4.69, 9.17) is 11.6 Å². The summed E-state index contributed by atoms with van der Waals surface area (Å²) in [7, 11) is 0. The number of halogens is 1. The molecular weight excluding hydrogens is 166 g/mol. The molecule has 0 unspecified atom stereocenters. The molecule has 1 radical (unpaired) electrons. The first kappa shape index (κ1) is 6.13. The summed E-state index contributed by atoms with van der Waals surface area (Å²) in [4.78, 5) is 3.98. The van der Waals surface area contributed by atoms with Gasteiger partial charge in [0.15, 0.2) is 5.51 Å². The van der Waals surface area contributed by atoms with E-state index in [-0.39, 0.29) is 0 Å². The smallest absolute Gasteiger partial charge is 0.153 e. The highest BCUT2D eigenvalue weighted by atomic mass is 35.5. The van der Waals surface area contributed by atoms with Gasteiger partial charge in [0, 0.05) is 0 Å². The van der Waals surface area contributed by atoms with Crippen molar-refractivity contribution >= 4 is 33.2 Å². The normalized spacial score (nSPS) is 10.5. The first-order valence-electron chi connectivity index (χ1n) is 2.79. The van der Waals surface area contributed by atoms with Crippen LogP contribution in [0.25, 0.3) is 10.2 Å². The van der Waals surface area contributed by atoms with Gasteiger partial charge in [0.1, 0.15) is 5.52 Å². The fourth-order valence-electron chi connectivity index (χ4n) is 0.804. The molecule has 1 aromatic heterocycles. The number of rotatable bonds is 0. The first-order valence-corrected chi connectivity index (χ1v) is 3.98. The van der Waals surface area contributed by atoms with Crippen molar-refractivity contribution in [3.05, 3.63) is 28.7 Å². The Morgan fingerprint density at radius 2 is 2.40 bits per heavy atom. The number of aromatic nitrogens is 1. The standard InChI is InChI=1S/C7H3ClNS/c8-5-2-1-3-6-7(5)9-4-10-6/h1-3H. The van der Waals surface area contributed by atoms with Gasteiger partial charge in [-0.2, -0.15) is 0 Å². The van der Waals surface area contributed by atoms with Crippen LogP contribution in [-0.4, -0.2) is 4.98 Å². The molecule has 0 aliphatic rings. The van der Waals surface area contributed by atoms with Crippen LogP contribution in [0.4, 0.5) is 0 Å². The van der Waals surface area contributed by atoms with E-state index in [1.807, 2.05) is 18.2 Å². The molecule has 10 heavy (non-hydrogen) atoms. The highest BCUT2D eigenvalue weighted by Crippen LogP contribution is 2.23. The SMILES string of the molecule is Clc1cccc2s[c]nc12. The van der Waals surface area contributed by atoms with Crippen molar-refractivity contribution in [2.45, 2.75) is 0 Å². The molecule has 0 atom stereocenters. The van der Waals surface area contributed by atoms with E-state index in [0.29, 0.717) is 5.02 Å². The van der Waals surface area contributed by atoms with Crippen LogP contribution in [0.5, 0.6) is 0 Å². The number of benzene rings is 1. The average molecular weight is 169 g/mol. The molecule has 3 heteroatoms. The van der Waals surface area contributed by atoms with Crippen LogP contribution < -0.4 is 0 Å². The van der Waals surface area contributed by atoms with Crippen LogP contribution in [0.2, 0.25) is 5.02 Å². The summed E-state index contributed by atoms with van der Waals surface area (Å²) in [5, 5.41) is 0.704. The van der Waals surface area contributed by atoms with E-state index in [1.165, 1.54) is 11.3 Å². The molecule has 1 nitrogen and oxygen atoms in total. The third kappa shape index (κ3) is 0.805. The minimum absolute atomic E-state index is 0.704. The largest absolute Gasteiger partial charge is 0.232 e. The zero-order chi connectivity index (χ0) is 6.97. The minimum atomic E-state index is 0.704. The zero-order valence-electron chi connectivity index (χ0n) is 4.97. The Hall–Kier alpha value is -0.600. The first-order chi connectivity index (χ1) is 4.88. The lowest BCUT2D eigenvalue weighted by molar-refractivity contribution is 1.48. The van der Waals surface area contributed by atoms with Crippen molar-refractivity contribution in [2.24, 2.45) is 0 Å². The van der Waals surface area contributed by atoms with Crippen LogP contribution in [-0.2, 0) is 0 Å². The highest BCUT2D eigenvalue weighted by Gasteiger charge is 1.98. The molecule has 1 aromatic carbocycles. The van der Waals surface area contributed by atoms with Gasteiger partial charge in [-0.15, -0.1) is 11.3 Å². The van der Waals surface area contributed by atoms with Crippen LogP contribution in [0, 0.1) is 5.51 Å². The molecule has 0 saturated carbocycles. The molecule has 2 aromatic rings. The Morgan fingerprint density at radius 1 is 1.50 bits per heavy atom. The lowest BCUT2D eigenvalue weighted by Gasteiger charge is -1.87. The third-order valence-electron chi connectivity index (χ3n) is 1.26. The molecular formula is C7H3ClNS. The fraction of sp³-hybridized carbons (Fsp3) is 0. The topological polar surface area (TPSA) is 12.9 Å². The lowest BCUT2D eigenvalue weighted by atomic mass is 10.3. The maximum Gasteiger partial charge on any atom is 0.153 e. The average Bonchev–Trinajstić information content (AvgIpc) is 2.36. The van der Waals surface area contributed by atoms with E-state index in [2.05, 4.69) is 10.5 Å². The molecule has 0 aliphatic carbocycles. The molecule has 49 valence electrons. The molecule has 0 fully saturated rings. The number of thiazole rings is 1. The van der Waals surface area contributed by atoms with Gasteiger partial charge in [-0.25, -0.2) is 4.98 Å². The summed E-state index contributed by atoms with van der Waals surface area (Å²) in [6, 6.07) is 5.73. The number of hydrogen-bond acceptors (Lipinski definition) is 2. The molecule has 1 heterocycles. The predicted octanol–water partition coefficient (Wildman–Crippen LogP) is 2.75. The molecule has 2 rings (SSSR count). The molecule has 0 saturated heterocycles. The highest BCUT2D eigenvalue weighted by molar-refractivity contribution is 7.16. The third-order valence-corrected chi connectivity index (χ3v) is 2.30. The summed E-state index contributed by atoms with van der Waals surface area (Å²) < 4.78 is 1.09. The summed E-state index contributed by atoms with van der Waals surface area (Å²) in [6.45, 7) is 0. The fourth-order valence-corrected chi connectivity index (χ4v) is 1.71. The Bertz CT molecular complexity index is 355. The van der Waals surface area contributed by atoms with Crippen molar-refractivity contribution in [1.82, 2.24) is 4.98 Å². The second-order valence-corrected chi connectivity index (χ2v) is 3.13. The number of hydrogen-bond donors (Lipinski definition) is 0. The predicted molar refractivity (Wildman–Crippen MR) is 43.5 cm³/mol. The maximum atomic E-state index is 5.82. The number of para-hydroxylation sites is 1. The van der Waals surface area contributed by atoms with Gasteiger partial charge in [-0.1, -0.05) is 17.7 Å². The Labute approximate surface area is 67.3 Å². The quantitative estimate of drug-likeness (QED) is 0.590. The van der Waals surface area contributed by atoms with Crippen molar-refractivity contribution in [3.63, 3.8) is 0 Å². The second-order valence-electron chi connectivity index (χ2n) is 1.89. The van der Waals surface area contributed by atoms with Crippen LogP contribution >= 0.6 is 22.9 Å². The number of fused-ring (bicyclic) bond motifs is 1. The molecule has 0 aliphatic heterocycles. The van der Waals surface area contributed by atoms with E-state index in [0.717, 1.165) is 10.2 Å². The van der Waals surface area contributed by atoms with Gasteiger partial charge in [0.05, 0.1) is 9.72 Å². The molecule has 0 amide bonds. The Morgan fingerprint density at radius 3 is 3.20 bits per heavy atom.